The molecule has 1 aromatic rings. The number of rotatable bonds is 1. The molecular weight excluding hydrogens is 208 g/mol. The summed E-state index contributed by atoms with van der Waals surface area (Å²) in [7, 11) is 1.69. The molecule has 0 fully saturated rings. The van der Waals surface area contributed by atoms with E-state index < -0.39 is 0 Å². The van der Waals surface area contributed by atoms with Gasteiger partial charge in [0.25, 0.3) is 0 Å². The fourth-order valence-electron chi connectivity index (χ4n) is 2.08. The number of fused-ring (bicyclic) bond motifs is 1. The van der Waals surface area contributed by atoms with Gasteiger partial charge in [-0.2, -0.15) is 11.8 Å². The maximum absolute atomic E-state index is 10.1. The molecule has 0 saturated carbocycles. The normalized spacial score (nSPS) is 20.6. The van der Waals surface area contributed by atoms with Crippen LogP contribution in [-0.2, 0) is 5.75 Å². The van der Waals surface area contributed by atoms with Crippen LogP contribution < -0.4 is 4.74 Å². The topological polar surface area (TPSA) is 29.5 Å². The second kappa shape index (κ2) is 4.45. The molecule has 15 heavy (non-hydrogen) atoms. The third-order valence-electron chi connectivity index (χ3n) is 2.87. The Morgan fingerprint density at radius 1 is 1.47 bits per heavy atom. The Bertz CT molecular complexity index is 363. The molecule has 1 aliphatic heterocycles. The molecule has 2 nitrogen and oxygen atoms in total. The third kappa shape index (κ3) is 1.99. The van der Waals surface area contributed by atoms with E-state index in [1.54, 1.807) is 7.11 Å². The number of hydrogen-bond donors (Lipinski definition) is 1. The van der Waals surface area contributed by atoms with Gasteiger partial charge in [0, 0.05) is 11.3 Å². The second-order valence-electron chi connectivity index (χ2n) is 3.83. The van der Waals surface area contributed by atoms with Gasteiger partial charge in [-0.05, 0) is 36.3 Å². The van der Waals surface area contributed by atoms with Crippen molar-refractivity contribution in [1.29, 1.82) is 0 Å². The molecule has 82 valence electrons. The maximum Gasteiger partial charge on any atom is 0.123 e. The fourth-order valence-corrected chi connectivity index (χ4v) is 3.12. The van der Waals surface area contributed by atoms with Crippen molar-refractivity contribution >= 4 is 11.8 Å². The Balaban J connectivity index is 2.55. The fraction of sp³-hybridized carbons (Fsp3) is 0.500. The summed E-state index contributed by atoms with van der Waals surface area (Å²) >= 11 is 1.86. The highest BCUT2D eigenvalue weighted by Crippen LogP contribution is 2.37. The lowest BCUT2D eigenvalue weighted by atomic mass is 9.96. The third-order valence-corrected chi connectivity index (χ3v) is 3.88. The number of aliphatic hydroxyl groups excluding tert-OH is 1. The number of aliphatic hydroxyl groups is 1. The maximum atomic E-state index is 10.1. The lowest BCUT2D eigenvalue weighted by Gasteiger charge is -2.17. The summed E-state index contributed by atoms with van der Waals surface area (Å²) in [5.41, 5.74) is 3.42. The van der Waals surface area contributed by atoms with Gasteiger partial charge in [0.15, 0.2) is 0 Å². The van der Waals surface area contributed by atoms with Gasteiger partial charge < -0.3 is 9.84 Å². The molecule has 1 N–H and O–H groups in total. The van der Waals surface area contributed by atoms with Crippen LogP contribution in [0.15, 0.2) is 12.1 Å². The molecule has 0 amide bonds. The van der Waals surface area contributed by atoms with Crippen LogP contribution >= 0.6 is 11.8 Å². The summed E-state index contributed by atoms with van der Waals surface area (Å²) in [5, 5.41) is 10.1. The van der Waals surface area contributed by atoms with Crippen LogP contribution in [0.1, 0.15) is 29.2 Å². The Morgan fingerprint density at radius 2 is 2.27 bits per heavy atom. The number of thioether (sulfide) groups is 1. The minimum Gasteiger partial charge on any atom is -0.496 e. The Morgan fingerprint density at radius 3 is 3.00 bits per heavy atom. The first-order valence-electron chi connectivity index (χ1n) is 5.16. The zero-order valence-corrected chi connectivity index (χ0v) is 9.93. The van der Waals surface area contributed by atoms with Crippen molar-refractivity contribution < 1.29 is 9.84 Å². The van der Waals surface area contributed by atoms with Gasteiger partial charge in [-0.15, -0.1) is 0 Å². The highest BCUT2D eigenvalue weighted by Gasteiger charge is 2.21. The standard InChI is InChI=1S/C12H16O2S/c1-8-3-4-11(14-2)9-7-15-6-5-10(13)12(8)9/h3-4,10,13H,5-7H2,1-2H3/t10-/m1/s1. The number of aryl methyl sites for hydroxylation is 1. The molecule has 1 aromatic carbocycles. The highest BCUT2D eigenvalue weighted by molar-refractivity contribution is 7.98. The van der Waals surface area contributed by atoms with Gasteiger partial charge in [0.2, 0.25) is 0 Å². The zero-order valence-electron chi connectivity index (χ0n) is 9.12. The highest BCUT2D eigenvalue weighted by atomic mass is 32.2. The molecule has 1 aliphatic rings. The average Bonchev–Trinajstić information content (AvgIpc) is 2.42. The molecular formula is C12H16O2S. The van der Waals surface area contributed by atoms with E-state index in [1.165, 1.54) is 11.1 Å². The summed E-state index contributed by atoms with van der Waals surface area (Å²) in [6.07, 6.45) is 0.510. The van der Waals surface area contributed by atoms with Gasteiger partial charge in [-0.25, -0.2) is 0 Å². The first-order chi connectivity index (χ1) is 7.24. The molecule has 0 aliphatic carbocycles. The van der Waals surface area contributed by atoms with Crippen molar-refractivity contribution in [1.82, 2.24) is 0 Å². The summed E-state index contributed by atoms with van der Waals surface area (Å²) in [6, 6.07) is 4.02. The Kier molecular flexibility index (Phi) is 3.22. The SMILES string of the molecule is COc1ccc(C)c2c1CSCC[C@H]2O. The monoisotopic (exact) mass is 224 g/mol. The molecule has 0 aromatic heterocycles. The van der Waals surface area contributed by atoms with E-state index in [0.29, 0.717) is 0 Å². The van der Waals surface area contributed by atoms with E-state index in [0.717, 1.165) is 29.2 Å². The van der Waals surface area contributed by atoms with Crippen molar-refractivity contribution in [2.45, 2.75) is 25.2 Å². The lowest BCUT2D eigenvalue weighted by molar-refractivity contribution is 0.174. The second-order valence-corrected chi connectivity index (χ2v) is 4.94. The predicted molar refractivity (Wildman–Crippen MR) is 63.5 cm³/mol. The lowest BCUT2D eigenvalue weighted by Crippen LogP contribution is -2.04. The largest absolute Gasteiger partial charge is 0.496 e. The zero-order chi connectivity index (χ0) is 10.8. The quantitative estimate of drug-likeness (QED) is 0.795. The van der Waals surface area contributed by atoms with Crippen molar-refractivity contribution in [2.75, 3.05) is 12.9 Å². The minimum atomic E-state index is -0.329. The summed E-state index contributed by atoms with van der Waals surface area (Å²) in [5.74, 6) is 2.86. The van der Waals surface area contributed by atoms with Crippen LogP contribution in [0.25, 0.3) is 0 Å². The van der Waals surface area contributed by atoms with E-state index in [9.17, 15) is 5.11 Å². The smallest absolute Gasteiger partial charge is 0.123 e. The van der Waals surface area contributed by atoms with Gasteiger partial charge in [-0.3, -0.25) is 0 Å². The van der Waals surface area contributed by atoms with E-state index in [-0.39, 0.29) is 6.10 Å². The molecule has 2 rings (SSSR count). The molecule has 1 heterocycles. The number of methoxy groups -OCH3 is 1. The molecule has 0 unspecified atom stereocenters. The summed E-state index contributed by atoms with van der Waals surface area (Å²) < 4.78 is 5.35. The summed E-state index contributed by atoms with van der Waals surface area (Å²) in [4.78, 5) is 0. The van der Waals surface area contributed by atoms with Crippen LogP contribution in [-0.4, -0.2) is 18.0 Å². The van der Waals surface area contributed by atoms with E-state index in [2.05, 4.69) is 6.92 Å². The number of benzene rings is 1. The summed E-state index contributed by atoms with van der Waals surface area (Å²) in [6.45, 7) is 2.05. The first kappa shape index (κ1) is 10.8. The Hall–Kier alpha value is -0.670. The van der Waals surface area contributed by atoms with Crippen molar-refractivity contribution in [3.8, 4) is 5.75 Å². The van der Waals surface area contributed by atoms with Crippen molar-refractivity contribution in [3.63, 3.8) is 0 Å². The Labute approximate surface area is 94.6 Å². The van der Waals surface area contributed by atoms with Crippen LogP contribution in [0, 0.1) is 6.92 Å². The van der Waals surface area contributed by atoms with Gasteiger partial charge in [-0.1, -0.05) is 6.07 Å². The van der Waals surface area contributed by atoms with E-state index >= 15 is 0 Å². The van der Waals surface area contributed by atoms with Crippen LogP contribution in [0.5, 0.6) is 5.75 Å². The van der Waals surface area contributed by atoms with Gasteiger partial charge in [0.1, 0.15) is 5.75 Å². The van der Waals surface area contributed by atoms with Crippen LogP contribution in [0.2, 0.25) is 0 Å². The number of hydrogen-bond acceptors (Lipinski definition) is 3. The average molecular weight is 224 g/mol. The van der Waals surface area contributed by atoms with E-state index in [4.69, 9.17) is 4.74 Å². The first-order valence-corrected chi connectivity index (χ1v) is 6.31. The molecule has 0 spiro atoms. The van der Waals surface area contributed by atoms with Gasteiger partial charge >= 0.3 is 0 Å². The predicted octanol–water partition coefficient (Wildman–Crippen LogP) is 2.67. The van der Waals surface area contributed by atoms with Crippen molar-refractivity contribution in [3.05, 3.63) is 28.8 Å². The molecule has 0 saturated heterocycles. The number of ether oxygens (including phenoxy) is 1. The van der Waals surface area contributed by atoms with Crippen molar-refractivity contribution in [2.24, 2.45) is 0 Å². The molecule has 1 atom stereocenters. The minimum absolute atomic E-state index is 0.329. The molecule has 0 bridgehead atoms. The van der Waals surface area contributed by atoms with Crippen LogP contribution in [0.4, 0.5) is 0 Å². The van der Waals surface area contributed by atoms with Crippen LogP contribution in [0.3, 0.4) is 0 Å². The molecule has 0 radical (unpaired) electrons. The molecule has 3 heteroatoms. The van der Waals surface area contributed by atoms with Gasteiger partial charge in [0.05, 0.1) is 13.2 Å². The van der Waals surface area contributed by atoms with E-state index in [1.807, 2.05) is 23.9 Å².